The maximum atomic E-state index is 13.6. The molecule has 108 valence electrons. The van der Waals surface area contributed by atoms with Crippen LogP contribution in [0.25, 0.3) is 5.57 Å². The summed E-state index contributed by atoms with van der Waals surface area (Å²) in [5, 5.41) is 12.8. The highest BCUT2D eigenvalue weighted by atomic mass is 19.1. The van der Waals surface area contributed by atoms with Crippen molar-refractivity contribution in [2.24, 2.45) is 0 Å². The fourth-order valence-electron chi connectivity index (χ4n) is 2.57. The Morgan fingerprint density at radius 2 is 2.05 bits per heavy atom. The zero-order valence-corrected chi connectivity index (χ0v) is 11.7. The molecule has 0 heterocycles. The number of carbonyl (C=O) groups is 1. The summed E-state index contributed by atoms with van der Waals surface area (Å²) in [5.74, 6) is -0.644. The molecule has 1 aromatic rings. The summed E-state index contributed by atoms with van der Waals surface area (Å²) < 4.78 is 13.6. The molecule has 1 saturated carbocycles. The van der Waals surface area contributed by atoms with Crippen LogP contribution in [-0.4, -0.2) is 23.2 Å². The minimum Gasteiger partial charge on any atom is -0.388 e. The van der Waals surface area contributed by atoms with Crippen LogP contribution in [0.1, 0.15) is 38.2 Å². The average Bonchev–Trinajstić information content (AvgIpc) is 2.84. The molecule has 0 radical (unpaired) electrons. The first-order valence-corrected chi connectivity index (χ1v) is 6.94. The molecule has 1 aliphatic carbocycles. The number of benzene rings is 1. The van der Waals surface area contributed by atoms with Gasteiger partial charge in [-0.3, -0.25) is 4.79 Å². The molecule has 0 saturated heterocycles. The average molecular weight is 277 g/mol. The first-order chi connectivity index (χ1) is 9.50. The van der Waals surface area contributed by atoms with E-state index in [9.17, 15) is 14.3 Å². The fourth-order valence-corrected chi connectivity index (χ4v) is 2.57. The summed E-state index contributed by atoms with van der Waals surface area (Å²) in [6, 6.07) is 6.35. The molecule has 20 heavy (non-hydrogen) atoms. The van der Waals surface area contributed by atoms with Gasteiger partial charge in [-0.25, -0.2) is 4.39 Å². The first kappa shape index (κ1) is 14.7. The van der Waals surface area contributed by atoms with E-state index in [1.807, 2.05) is 0 Å². The Balaban J connectivity index is 1.96. The molecule has 1 aromatic carbocycles. The van der Waals surface area contributed by atoms with Gasteiger partial charge in [0.05, 0.1) is 5.60 Å². The molecule has 4 heteroatoms. The predicted molar refractivity (Wildman–Crippen MR) is 76.5 cm³/mol. The van der Waals surface area contributed by atoms with Gasteiger partial charge in [0.15, 0.2) is 0 Å². The number of rotatable bonds is 4. The molecule has 0 unspecified atom stereocenters. The van der Waals surface area contributed by atoms with E-state index in [0.717, 1.165) is 25.7 Å². The van der Waals surface area contributed by atoms with Crippen molar-refractivity contribution in [3.63, 3.8) is 0 Å². The van der Waals surface area contributed by atoms with E-state index >= 15 is 0 Å². The lowest BCUT2D eigenvalue weighted by molar-refractivity contribution is -0.117. The number of aliphatic hydroxyl groups is 1. The molecule has 3 nitrogen and oxygen atoms in total. The first-order valence-electron chi connectivity index (χ1n) is 6.94. The standard InChI is InChI=1S/C16H20FNO2/c1-12(13-6-2-3-7-14(13)17)10-15(19)18-11-16(20)8-4-5-9-16/h2-3,6-7,10,20H,4-5,8-9,11H2,1H3,(H,18,19)/b12-10-. The molecule has 2 rings (SSSR count). The Morgan fingerprint density at radius 3 is 2.70 bits per heavy atom. The van der Waals surface area contributed by atoms with Gasteiger partial charge in [-0.2, -0.15) is 0 Å². The number of hydrogen-bond donors (Lipinski definition) is 2. The van der Waals surface area contributed by atoms with Crippen LogP contribution in [0.3, 0.4) is 0 Å². The van der Waals surface area contributed by atoms with E-state index in [2.05, 4.69) is 5.32 Å². The minimum atomic E-state index is -0.768. The molecule has 0 aliphatic heterocycles. The van der Waals surface area contributed by atoms with E-state index in [1.165, 1.54) is 12.1 Å². The van der Waals surface area contributed by atoms with Crippen LogP contribution >= 0.6 is 0 Å². The Hall–Kier alpha value is -1.68. The van der Waals surface area contributed by atoms with Crippen LogP contribution in [0.5, 0.6) is 0 Å². The summed E-state index contributed by atoms with van der Waals surface area (Å²) in [6.07, 6.45) is 4.82. The normalized spacial score (nSPS) is 18.1. The van der Waals surface area contributed by atoms with Gasteiger partial charge in [0.25, 0.3) is 0 Å². The maximum absolute atomic E-state index is 13.6. The molecule has 0 spiro atoms. The molecular weight excluding hydrogens is 257 g/mol. The van der Waals surface area contributed by atoms with Gasteiger partial charge in [-0.05, 0) is 31.4 Å². The van der Waals surface area contributed by atoms with Crippen LogP contribution in [0.2, 0.25) is 0 Å². The van der Waals surface area contributed by atoms with Crippen molar-refractivity contribution < 1.29 is 14.3 Å². The second kappa shape index (κ2) is 6.18. The topological polar surface area (TPSA) is 49.3 Å². The number of allylic oxidation sites excluding steroid dienone is 1. The van der Waals surface area contributed by atoms with Crippen LogP contribution in [-0.2, 0) is 4.79 Å². The highest BCUT2D eigenvalue weighted by molar-refractivity contribution is 5.94. The molecular formula is C16H20FNO2. The van der Waals surface area contributed by atoms with Crippen molar-refractivity contribution >= 4 is 11.5 Å². The van der Waals surface area contributed by atoms with Crippen LogP contribution < -0.4 is 5.32 Å². The van der Waals surface area contributed by atoms with Gasteiger partial charge in [0.1, 0.15) is 5.82 Å². The zero-order valence-electron chi connectivity index (χ0n) is 11.7. The summed E-state index contributed by atoms with van der Waals surface area (Å²) in [5.41, 5.74) is 0.219. The smallest absolute Gasteiger partial charge is 0.244 e. The zero-order chi connectivity index (χ0) is 14.6. The Labute approximate surface area is 118 Å². The summed E-state index contributed by atoms with van der Waals surface area (Å²) >= 11 is 0. The largest absolute Gasteiger partial charge is 0.388 e. The second-order valence-electron chi connectivity index (χ2n) is 5.46. The molecule has 0 bridgehead atoms. The van der Waals surface area contributed by atoms with E-state index in [4.69, 9.17) is 0 Å². The van der Waals surface area contributed by atoms with Gasteiger partial charge >= 0.3 is 0 Å². The monoisotopic (exact) mass is 277 g/mol. The SMILES string of the molecule is C/C(=C/C(=O)NCC1(O)CCCC1)c1ccccc1F. The third-order valence-electron chi connectivity index (χ3n) is 3.77. The molecule has 0 atom stereocenters. The van der Waals surface area contributed by atoms with Gasteiger partial charge in [-0.1, -0.05) is 31.0 Å². The van der Waals surface area contributed by atoms with E-state index in [1.54, 1.807) is 25.1 Å². The van der Waals surface area contributed by atoms with Crippen LogP contribution in [0, 0.1) is 5.82 Å². The van der Waals surface area contributed by atoms with Crippen molar-refractivity contribution in [3.8, 4) is 0 Å². The van der Waals surface area contributed by atoms with Gasteiger partial charge in [0, 0.05) is 18.2 Å². The van der Waals surface area contributed by atoms with Crippen molar-refractivity contribution in [2.75, 3.05) is 6.54 Å². The van der Waals surface area contributed by atoms with Crippen molar-refractivity contribution in [3.05, 3.63) is 41.7 Å². The number of nitrogens with one attached hydrogen (secondary N) is 1. The molecule has 1 amide bonds. The van der Waals surface area contributed by atoms with E-state index < -0.39 is 5.60 Å². The predicted octanol–water partition coefficient (Wildman–Crippen LogP) is 2.65. The quantitative estimate of drug-likeness (QED) is 0.831. The van der Waals surface area contributed by atoms with Crippen LogP contribution in [0.4, 0.5) is 4.39 Å². The highest BCUT2D eigenvalue weighted by Crippen LogP contribution is 2.28. The van der Waals surface area contributed by atoms with Crippen molar-refractivity contribution in [2.45, 2.75) is 38.2 Å². The Kier molecular flexibility index (Phi) is 4.55. The minimum absolute atomic E-state index is 0.257. The van der Waals surface area contributed by atoms with Crippen LogP contribution in [0.15, 0.2) is 30.3 Å². The number of hydrogen-bond acceptors (Lipinski definition) is 2. The van der Waals surface area contributed by atoms with E-state index in [0.29, 0.717) is 11.1 Å². The molecule has 1 aliphatic rings. The van der Waals surface area contributed by atoms with Gasteiger partial charge in [0.2, 0.25) is 5.91 Å². The molecule has 1 fully saturated rings. The lowest BCUT2D eigenvalue weighted by Crippen LogP contribution is -2.40. The second-order valence-corrected chi connectivity index (χ2v) is 5.46. The summed E-state index contributed by atoms with van der Waals surface area (Å²) in [6.45, 7) is 1.95. The summed E-state index contributed by atoms with van der Waals surface area (Å²) in [4.78, 5) is 11.8. The Morgan fingerprint density at radius 1 is 1.40 bits per heavy atom. The molecule has 2 N–H and O–H groups in total. The number of carbonyl (C=O) groups excluding carboxylic acids is 1. The lowest BCUT2D eigenvalue weighted by atomic mass is 10.0. The van der Waals surface area contributed by atoms with Gasteiger partial charge in [-0.15, -0.1) is 0 Å². The maximum Gasteiger partial charge on any atom is 0.244 e. The lowest BCUT2D eigenvalue weighted by Gasteiger charge is -2.21. The van der Waals surface area contributed by atoms with Crippen molar-refractivity contribution in [1.82, 2.24) is 5.32 Å². The van der Waals surface area contributed by atoms with Gasteiger partial charge < -0.3 is 10.4 Å². The van der Waals surface area contributed by atoms with Crippen molar-refractivity contribution in [1.29, 1.82) is 0 Å². The fraction of sp³-hybridized carbons (Fsp3) is 0.438. The third-order valence-corrected chi connectivity index (χ3v) is 3.77. The third kappa shape index (κ3) is 3.67. The number of halogens is 1. The molecule has 0 aromatic heterocycles. The van der Waals surface area contributed by atoms with E-state index in [-0.39, 0.29) is 18.3 Å². The summed E-state index contributed by atoms with van der Waals surface area (Å²) in [7, 11) is 0. The Bertz CT molecular complexity index is 519. The number of amides is 1. The highest BCUT2D eigenvalue weighted by Gasteiger charge is 2.31.